The summed E-state index contributed by atoms with van der Waals surface area (Å²) >= 11 is 0. The first-order valence-electron chi connectivity index (χ1n) is 25.1. The highest BCUT2D eigenvalue weighted by molar-refractivity contribution is 6.12. The van der Waals surface area contributed by atoms with Crippen LogP contribution in [0.5, 0.6) is 0 Å². The summed E-state index contributed by atoms with van der Waals surface area (Å²) in [5.74, 6) is 0.645. The van der Waals surface area contributed by atoms with Crippen LogP contribution in [0.1, 0.15) is 16.7 Å². The van der Waals surface area contributed by atoms with Crippen molar-refractivity contribution >= 4 is 72.4 Å². The van der Waals surface area contributed by atoms with Gasteiger partial charge < -0.3 is 0 Å². The number of rotatable bonds is 7. The van der Waals surface area contributed by atoms with Crippen LogP contribution in [-0.2, 0) is 0 Å². The van der Waals surface area contributed by atoms with E-state index in [0.717, 1.165) is 38.7 Å². The van der Waals surface area contributed by atoms with Crippen LogP contribution in [0.4, 0.5) is 0 Å². The molecule has 13 aromatic rings. The van der Waals surface area contributed by atoms with Crippen LogP contribution >= 0.6 is 0 Å². The van der Waals surface area contributed by atoms with Crippen molar-refractivity contribution in [3.63, 3.8) is 0 Å². The summed E-state index contributed by atoms with van der Waals surface area (Å²) in [5, 5.41) is 18.7. The maximum Gasteiger partial charge on any atom is 0.161 e. The number of aryl methyl sites for hydroxylation is 1. The predicted octanol–water partition coefficient (Wildman–Crippen LogP) is 18.0. The number of fused-ring (bicyclic) bond motifs is 6. The maximum absolute atomic E-state index is 7.94. The van der Waals surface area contributed by atoms with Gasteiger partial charge in [0.1, 0.15) is 0 Å². The standard InChI is InChI=1S/C55H36N2.C15H13N3/c1-35-9-6-17-50-46(35)14-8-16-49(50)45-32-43(36-19-21-38(22-20-36)48-15-7-11-37-10-2-3-12-47(37)48)31-44(33-45)41-24-23-40-30-42(26-25-39(40)29-41)55-53-34-56-28-27-51(53)52-13-4-5-18-54(52)57-55;1-17-15(13-10-6-3-7-11-13)18-14(16)12-8-4-2-5-9-12/h2-34H,1H3;2-11,16H,1H2. The van der Waals surface area contributed by atoms with Crippen LogP contribution < -0.4 is 0 Å². The zero-order chi connectivity index (χ0) is 50.7. The summed E-state index contributed by atoms with van der Waals surface area (Å²) in [6.07, 6.45) is 3.81. The first kappa shape index (κ1) is 46.1. The van der Waals surface area contributed by atoms with Gasteiger partial charge in [-0.1, -0.05) is 206 Å². The van der Waals surface area contributed by atoms with Gasteiger partial charge in [-0.05, 0) is 144 Å². The van der Waals surface area contributed by atoms with E-state index in [1.807, 2.05) is 73.1 Å². The average molecular weight is 960 g/mol. The van der Waals surface area contributed by atoms with E-state index in [9.17, 15) is 0 Å². The van der Waals surface area contributed by atoms with Crippen LogP contribution in [0.25, 0.3) is 110 Å². The average Bonchev–Trinajstić information content (AvgIpc) is 3.48. The summed E-state index contributed by atoms with van der Waals surface area (Å²) in [7, 11) is 0. The second-order valence-corrected chi connectivity index (χ2v) is 18.7. The summed E-state index contributed by atoms with van der Waals surface area (Å²) < 4.78 is 0. The first-order valence-corrected chi connectivity index (χ1v) is 25.1. The Hall–Kier alpha value is -9.97. The molecule has 2 aromatic heterocycles. The van der Waals surface area contributed by atoms with E-state index >= 15 is 0 Å². The van der Waals surface area contributed by atoms with E-state index in [4.69, 9.17) is 10.4 Å². The highest BCUT2D eigenvalue weighted by atomic mass is 14.9. The first-order chi connectivity index (χ1) is 37.0. The van der Waals surface area contributed by atoms with Gasteiger partial charge in [0, 0.05) is 39.9 Å². The third-order valence-corrected chi connectivity index (χ3v) is 14.1. The fourth-order valence-electron chi connectivity index (χ4n) is 10.3. The molecule has 75 heavy (non-hydrogen) atoms. The lowest BCUT2D eigenvalue weighted by atomic mass is 9.89. The Balaban J connectivity index is 0.000000268. The molecule has 5 nitrogen and oxygen atoms in total. The number of pyridine rings is 2. The fraction of sp³-hybridized carbons (Fsp3) is 0.0143. The number of aromatic nitrogens is 2. The minimum Gasteiger partial charge on any atom is -0.282 e. The smallest absolute Gasteiger partial charge is 0.161 e. The second kappa shape index (κ2) is 20.3. The predicted molar refractivity (Wildman–Crippen MR) is 317 cm³/mol. The Morgan fingerprint density at radius 3 is 1.73 bits per heavy atom. The van der Waals surface area contributed by atoms with Gasteiger partial charge in [-0.2, -0.15) is 0 Å². The van der Waals surface area contributed by atoms with Crippen LogP contribution in [0.3, 0.4) is 0 Å². The van der Waals surface area contributed by atoms with Crippen LogP contribution in [0.2, 0.25) is 0 Å². The molecular weight excluding hydrogens is 911 g/mol. The molecule has 0 spiro atoms. The van der Waals surface area contributed by atoms with Gasteiger partial charge in [-0.15, -0.1) is 0 Å². The minimum absolute atomic E-state index is 0.182. The van der Waals surface area contributed by atoms with E-state index in [1.54, 1.807) is 0 Å². The van der Waals surface area contributed by atoms with Crippen LogP contribution in [0, 0.1) is 12.3 Å². The number of aliphatic imine (C=N–C) groups is 2. The van der Waals surface area contributed by atoms with Crippen molar-refractivity contribution in [3.8, 4) is 55.8 Å². The van der Waals surface area contributed by atoms with Gasteiger partial charge in [-0.3, -0.25) is 10.4 Å². The molecule has 0 aliphatic carbocycles. The number of amidine groups is 2. The second-order valence-electron chi connectivity index (χ2n) is 18.7. The molecule has 1 N–H and O–H groups in total. The number of nitrogens with zero attached hydrogens (tertiary/aromatic N) is 4. The largest absolute Gasteiger partial charge is 0.282 e. The van der Waals surface area contributed by atoms with Crippen molar-refractivity contribution in [3.05, 3.63) is 278 Å². The molecule has 0 saturated carbocycles. The van der Waals surface area contributed by atoms with E-state index in [-0.39, 0.29) is 5.84 Å². The van der Waals surface area contributed by atoms with E-state index in [2.05, 4.69) is 217 Å². The van der Waals surface area contributed by atoms with Gasteiger partial charge in [0.05, 0.1) is 11.2 Å². The van der Waals surface area contributed by atoms with Gasteiger partial charge in [0.15, 0.2) is 11.7 Å². The number of nitrogens with one attached hydrogen (secondary N) is 1. The fourth-order valence-corrected chi connectivity index (χ4v) is 10.3. The molecule has 11 aromatic carbocycles. The van der Waals surface area contributed by atoms with Crippen molar-refractivity contribution in [1.29, 1.82) is 5.41 Å². The quantitative estimate of drug-likeness (QED) is 0.0982. The molecule has 0 aliphatic heterocycles. The van der Waals surface area contributed by atoms with Crippen molar-refractivity contribution in [2.24, 2.45) is 9.98 Å². The van der Waals surface area contributed by atoms with Gasteiger partial charge in [-0.25, -0.2) is 15.0 Å². The van der Waals surface area contributed by atoms with Crippen molar-refractivity contribution < 1.29 is 0 Å². The zero-order valence-corrected chi connectivity index (χ0v) is 41.3. The molecule has 0 unspecified atom stereocenters. The topological polar surface area (TPSA) is 74.3 Å². The third-order valence-electron chi connectivity index (χ3n) is 14.1. The molecule has 0 saturated heterocycles. The molecule has 0 aliphatic rings. The molecule has 0 radical (unpaired) electrons. The van der Waals surface area contributed by atoms with Crippen molar-refractivity contribution in [2.45, 2.75) is 6.92 Å². The van der Waals surface area contributed by atoms with E-state index in [0.29, 0.717) is 5.84 Å². The minimum atomic E-state index is 0.182. The Morgan fingerprint density at radius 1 is 0.400 bits per heavy atom. The Morgan fingerprint density at radius 2 is 0.960 bits per heavy atom. The lowest BCUT2D eigenvalue weighted by Crippen LogP contribution is -2.03. The summed E-state index contributed by atoms with van der Waals surface area (Å²) in [6, 6.07) is 87.5. The van der Waals surface area contributed by atoms with Gasteiger partial charge in [0.2, 0.25) is 0 Å². The highest BCUT2D eigenvalue weighted by Crippen LogP contribution is 2.40. The normalized spacial score (nSPS) is 11.5. The Bertz CT molecular complexity index is 4330. The molecule has 0 atom stereocenters. The van der Waals surface area contributed by atoms with Crippen molar-refractivity contribution in [2.75, 3.05) is 0 Å². The van der Waals surface area contributed by atoms with Crippen LogP contribution in [0.15, 0.2) is 271 Å². The number of para-hydroxylation sites is 1. The summed E-state index contributed by atoms with van der Waals surface area (Å²) in [6.45, 7) is 5.70. The zero-order valence-electron chi connectivity index (χ0n) is 41.3. The Kier molecular flexibility index (Phi) is 12.5. The molecule has 13 rings (SSSR count). The third kappa shape index (κ3) is 9.27. The van der Waals surface area contributed by atoms with Crippen LogP contribution in [-0.4, -0.2) is 28.4 Å². The molecule has 2 heterocycles. The van der Waals surface area contributed by atoms with Gasteiger partial charge in [0.25, 0.3) is 0 Å². The monoisotopic (exact) mass is 959 g/mol. The molecule has 0 fully saturated rings. The lowest BCUT2D eigenvalue weighted by molar-refractivity contribution is 1.35. The molecule has 5 heteroatoms. The molecular formula is C70H49N5. The highest BCUT2D eigenvalue weighted by Gasteiger charge is 2.15. The molecule has 0 bridgehead atoms. The van der Waals surface area contributed by atoms with Gasteiger partial charge >= 0.3 is 0 Å². The maximum atomic E-state index is 7.94. The molecule has 354 valence electrons. The SMILES string of the molecule is C=NC(=NC(=N)c1ccccc1)c1ccccc1.Cc1cccc2c(-c3cc(-c4ccc(-c5cccc6ccccc56)cc4)cc(-c4ccc5cc(-c6nc7ccccc7c7ccncc67)ccc5c4)c3)cccc12. The number of hydrogen-bond acceptors (Lipinski definition) is 3. The number of benzene rings is 11. The lowest BCUT2D eigenvalue weighted by Gasteiger charge is -2.15. The summed E-state index contributed by atoms with van der Waals surface area (Å²) in [4.78, 5) is 17.7. The van der Waals surface area contributed by atoms with E-state index < -0.39 is 0 Å². The van der Waals surface area contributed by atoms with E-state index in [1.165, 1.54) is 87.8 Å². The Labute approximate surface area is 436 Å². The summed E-state index contributed by atoms with van der Waals surface area (Å²) in [5.41, 5.74) is 15.6. The van der Waals surface area contributed by atoms with Crippen molar-refractivity contribution in [1.82, 2.24) is 9.97 Å². The molecule has 0 amide bonds. The number of hydrogen-bond donors (Lipinski definition) is 1.